The summed E-state index contributed by atoms with van der Waals surface area (Å²) < 4.78 is 0. The molecule has 1 aromatic carbocycles. The lowest BCUT2D eigenvalue weighted by Gasteiger charge is -2.12. The maximum Gasteiger partial charge on any atom is 0.228 e. The number of halogens is 1. The van der Waals surface area contributed by atoms with Crippen LogP contribution < -0.4 is 5.32 Å². The molecule has 1 aliphatic rings. The molecular weight excluding hydrogens is 322 g/mol. The molecule has 1 aliphatic heterocycles. The number of fused-ring (bicyclic) bond motifs is 1. The van der Waals surface area contributed by atoms with Crippen molar-refractivity contribution in [3.63, 3.8) is 0 Å². The number of amides is 1. The summed E-state index contributed by atoms with van der Waals surface area (Å²) in [7, 11) is 0. The lowest BCUT2D eigenvalue weighted by atomic mass is 10.0. The summed E-state index contributed by atoms with van der Waals surface area (Å²) in [6, 6.07) is 8.41. The van der Waals surface area contributed by atoms with Crippen LogP contribution >= 0.6 is 27.3 Å². The van der Waals surface area contributed by atoms with Crippen molar-refractivity contribution in [1.29, 1.82) is 0 Å². The van der Waals surface area contributed by atoms with Gasteiger partial charge in [-0.25, -0.2) is 0 Å². The molecule has 3 rings (SSSR count). The zero-order valence-electron chi connectivity index (χ0n) is 10.6. The average molecular weight is 336 g/mol. The van der Waals surface area contributed by atoms with E-state index in [2.05, 4.69) is 51.7 Å². The van der Waals surface area contributed by atoms with Gasteiger partial charge in [-0.3, -0.25) is 4.79 Å². The third-order valence-electron chi connectivity index (χ3n) is 3.44. The monoisotopic (exact) mass is 335 g/mol. The first-order valence-electron chi connectivity index (χ1n) is 6.32. The Morgan fingerprint density at radius 3 is 3.05 bits per heavy atom. The number of hydrogen-bond donors (Lipinski definition) is 1. The first-order chi connectivity index (χ1) is 9.19. The molecule has 1 atom stereocenters. The molecule has 2 aromatic rings. The van der Waals surface area contributed by atoms with E-state index in [0.29, 0.717) is 6.42 Å². The van der Waals surface area contributed by atoms with Gasteiger partial charge in [-0.15, -0.1) is 11.3 Å². The molecule has 0 saturated heterocycles. The first kappa shape index (κ1) is 12.9. The molecule has 1 amide bonds. The van der Waals surface area contributed by atoms with Crippen molar-refractivity contribution < 1.29 is 4.79 Å². The molecule has 1 N–H and O–H groups in total. The van der Waals surface area contributed by atoms with E-state index in [1.54, 1.807) is 11.3 Å². The van der Waals surface area contributed by atoms with Gasteiger partial charge in [0, 0.05) is 10.6 Å². The highest BCUT2D eigenvalue weighted by atomic mass is 79.9. The van der Waals surface area contributed by atoms with Crippen LogP contribution in [0.2, 0.25) is 0 Å². The van der Waals surface area contributed by atoms with Crippen LogP contribution in [0.1, 0.15) is 33.3 Å². The third-order valence-corrected chi connectivity index (χ3v) is 5.75. The molecule has 0 spiro atoms. The van der Waals surface area contributed by atoms with E-state index in [9.17, 15) is 4.79 Å². The summed E-state index contributed by atoms with van der Waals surface area (Å²) in [4.78, 5) is 13.0. The lowest BCUT2D eigenvalue weighted by molar-refractivity contribution is -0.115. The van der Waals surface area contributed by atoms with Gasteiger partial charge in [0.2, 0.25) is 5.91 Å². The van der Waals surface area contributed by atoms with E-state index in [4.69, 9.17) is 0 Å². The number of rotatable bonds is 3. The predicted octanol–water partition coefficient (Wildman–Crippen LogP) is 4.29. The van der Waals surface area contributed by atoms with Gasteiger partial charge in [0.1, 0.15) is 0 Å². The van der Waals surface area contributed by atoms with Crippen LogP contribution in [-0.2, 0) is 17.6 Å². The Hall–Kier alpha value is -1.13. The molecule has 4 heteroatoms. The van der Waals surface area contributed by atoms with Crippen molar-refractivity contribution in [3.8, 4) is 0 Å². The Kier molecular flexibility index (Phi) is 3.46. The second-order valence-electron chi connectivity index (χ2n) is 4.67. The number of hydrogen-bond acceptors (Lipinski definition) is 2. The van der Waals surface area contributed by atoms with Gasteiger partial charge in [0.15, 0.2) is 0 Å². The number of alkyl halides is 1. The summed E-state index contributed by atoms with van der Waals surface area (Å²) in [5.74, 6) is 0.0867. The molecular formula is C15H14BrNOS. The number of aryl methyl sites for hydroxylation is 1. The molecule has 2 heterocycles. The molecule has 0 radical (unpaired) electrons. The van der Waals surface area contributed by atoms with E-state index >= 15 is 0 Å². The van der Waals surface area contributed by atoms with Crippen molar-refractivity contribution >= 4 is 38.9 Å². The lowest BCUT2D eigenvalue weighted by Crippen LogP contribution is -2.03. The maximum atomic E-state index is 11.4. The molecule has 0 saturated carbocycles. The van der Waals surface area contributed by atoms with E-state index in [0.717, 1.165) is 17.7 Å². The second kappa shape index (κ2) is 5.10. The minimum Gasteiger partial charge on any atom is -0.326 e. The van der Waals surface area contributed by atoms with E-state index in [1.165, 1.54) is 16.0 Å². The van der Waals surface area contributed by atoms with Gasteiger partial charge in [0.25, 0.3) is 0 Å². The summed E-state index contributed by atoms with van der Waals surface area (Å²) in [5, 5.41) is 5.01. The maximum absolute atomic E-state index is 11.4. The van der Waals surface area contributed by atoms with Crippen molar-refractivity contribution in [1.82, 2.24) is 0 Å². The number of benzene rings is 1. The number of carbonyl (C=O) groups is 1. The minimum atomic E-state index is 0.0867. The fourth-order valence-corrected chi connectivity index (χ4v) is 4.32. The van der Waals surface area contributed by atoms with Crippen LogP contribution in [0.15, 0.2) is 29.6 Å². The highest BCUT2D eigenvalue weighted by Gasteiger charge is 2.21. The summed E-state index contributed by atoms with van der Waals surface area (Å²) >= 11 is 5.57. The Morgan fingerprint density at radius 1 is 1.42 bits per heavy atom. The van der Waals surface area contributed by atoms with Gasteiger partial charge in [-0.1, -0.05) is 35.0 Å². The molecule has 0 fully saturated rings. The van der Waals surface area contributed by atoms with Crippen LogP contribution in [0.4, 0.5) is 5.69 Å². The van der Waals surface area contributed by atoms with Crippen molar-refractivity contribution in [2.45, 2.75) is 24.6 Å². The van der Waals surface area contributed by atoms with Gasteiger partial charge in [-0.2, -0.15) is 0 Å². The van der Waals surface area contributed by atoms with Gasteiger partial charge < -0.3 is 5.32 Å². The van der Waals surface area contributed by atoms with Crippen LogP contribution in [0.3, 0.4) is 0 Å². The van der Waals surface area contributed by atoms with Gasteiger partial charge in [-0.05, 0) is 40.6 Å². The van der Waals surface area contributed by atoms with E-state index in [1.807, 2.05) is 6.07 Å². The minimum absolute atomic E-state index is 0.0867. The van der Waals surface area contributed by atoms with Crippen LogP contribution in [0.5, 0.6) is 0 Å². The largest absolute Gasteiger partial charge is 0.326 e. The highest BCUT2D eigenvalue weighted by Crippen LogP contribution is 2.38. The molecule has 1 aromatic heterocycles. The Bertz CT molecular complexity index is 635. The fourth-order valence-electron chi connectivity index (χ4n) is 2.42. The van der Waals surface area contributed by atoms with Crippen molar-refractivity contribution in [3.05, 3.63) is 51.2 Å². The normalized spacial score (nSPS) is 15.2. The van der Waals surface area contributed by atoms with Crippen LogP contribution in [0, 0.1) is 0 Å². The Labute approximate surface area is 125 Å². The summed E-state index contributed by atoms with van der Waals surface area (Å²) in [6.07, 6.45) is 1.54. The molecule has 2 nitrogen and oxygen atoms in total. The molecule has 98 valence electrons. The van der Waals surface area contributed by atoms with E-state index in [-0.39, 0.29) is 10.7 Å². The Balaban J connectivity index is 1.95. The number of nitrogens with one attached hydrogen (secondary N) is 1. The topological polar surface area (TPSA) is 29.1 Å². The van der Waals surface area contributed by atoms with Crippen molar-refractivity contribution in [2.75, 3.05) is 5.32 Å². The highest BCUT2D eigenvalue weighted by molar-refractivity contribution is 9.09. The van der Waals surface area contributed by atoms with Gasteiger partial charge >= 0.3 is 0 Å². The van der Waals surface area contributed by atoms with Crippen molar-refractivity contribution in [2.24, 2.45) is 0 Å². The number of carbonyl (C=O) groups excluding carboxylic acids is 1. The molecule has 19 heavy (non-hydrogen) atoms. The third kappa shape index (κ3) is 2.35. The zero-order chi connectivity index (χ0) is 13.4. The molecule has 1 unspecified atom stereocenters. The second-order valence-corrected chi connectivity index (χ2v) is 6.53. The SMILES string of the molecule is CCc1ccsc1C(Br)c1ccc2c(c1)CC(=O)N2. The zero-order valence-corrected chi connectivity index (χ0v) is 13.0. The number of anilines is 1. The van der Waals surface area contributed by atoms with Crippen LogP contribution in [0.25, 0.3) is 0 Å². The summed E-state index contributed by atoms with van der Waals surface area (Å²) in [6.45, 7) is 2.18. The first-order valence-corrected chi connectivity index (χ1v) is 8.11. The number of thiophene rings is 1. The quantitative estimate of drug-likeness (QED) is 0.833. The van der Waals surface area contributed by atoms with Crippen LogP contribution in [-0.4, -0.2) is 5.91 Å². The smallest absolute Gasteiger partial charge is 0.228 e. The van der Waals surface area contributed by atoms with E-state index < -0.39 is 0 Å². The standard InChI is InChI=1S/C15H14BrNOS/c1-2-9-5-6-19-15(9)14(16)10-3-4-12-11(7-10)8-13(18)17-12/h3-7,14H,2,8H2,1H3,(H,17,18). The summed E-state index contributed by atoms with van der Waals surface area (Å²) in [5.41, 5.74) is 4.66. The fraction of sp³-hybridized carbons (Fsp3) is 0.267. The van der Waals surface area contributed by atoms with Gasteiger partial charge in [0.05, 0.1) is 11.2 Å². The molecule has 0 aliphatic carbocycles. The molecule has 0 bridgehead atoms. The Morgan fingerprint density at radius 2 is 2.26 bits per heavy atom. The predicted molar refractivity (Wildman–Crippen MR) is 83.2 cm³/mol. The average Bonchev–Trinajstić information content (AvgIpc) is 3.01.